The van der Waals surface area contributed by atoms with E-state index in [0.717, 1.165) is 75.8 Å². The molecule has 168 valence electrons. The monoisotopic (exact) mass is 518 g/mol. The number of ether oxygens (including phenoxy) is 1. The van der Waals surface area contributed by atoms with Gasteiger partial charge in [-0.3, -0.25) is 19.3 Å². The summed E-state index contributed by atoms with van der Waals surface area (Å²) < 4.78 is 8.55. The lowest BCUT2D eigenvalue weighted by atomic mass is 10.2. The van der Waals surface area contributed by atoms with Crippen molar-refractivity contribution in [2.24, 2.45) is 5.73 Å². The van der Waals surface area contributed by atoms with Gasteiger partial charge in [-0.25, -0.2) is 0 Å². The summed E-state index contributed by atoms with van der Waals surface area (Å²) >= 11 is 4.53. The zero-order valence-corrected chi connectivity index (χ0v) is 20.2. The number of nitrogens with two attached hydrogens (primary N) is 1. The van der Waals surface area contributed by atoms with Gasteiger partial charge in [0.15, 0.2) is 0 Å². The molecule has 0 aliphatic carbocycles. The zero-order valence-electron chi connectivity index (χ0n) is 17.8. The number of benzene rings is 1. The Bertz CT molecular complexity index is 1140. The van der Waals surface area contributed by atoms with Gasteiger partial charge in [0, 0.05) is 34.6 Å². The molecule has 32 heavy (non-hydrogen) atoms. The highest BCUT2D eigenvalue weighted by Gasteiger charge is 2.36. The molecule has 2 saturated heterocycles. The summed E-state index contributed by atoms with van der Waals surface area (Å²) in [6, 6.07) is 8.22. The fourth-order valence-corrected chi connectivity index (χ4v) is 5.41. The van der Waals surface area contributed by atoms with Crippen LogP contribution in [0.1, 0.15) is 17.0 Å². The van der Waals surface area contributed by atoms with Gasteiger partial charge in [0.05, 0.1) is 23.8 Å². The quantitative estimate of drug-likeness (QED) is 0.610. The number of amides is 3. The Kier molecular flexibility index (Phi) is 6.45. The second-order valence-corrected chi connectivity index (χ2v) is 9.48. The molecule has 2 aliphatic heterocycles. The third kappa shape index (κ3) is 4.35. The van der Waals surface area contributed by atoms with Crippen LogP contribution in [0, 0.1) is 13.8 Å². The lowest BCUT2D eigenvalue weighted by molar-refractivity contribution is -0.127. The van der Waals surface area contributed by atoms with E-state index in [0.29, 0.717) is 0 Å². The smallest absolute Gasteiger partial charge is 0.294 e. The Balaban J connectivity index is 1.63. The molecule has 2 fully saturated rings. The standard InChI is InChI=1S/C22H23BrN4O4S/c1-13-9-15(10-19-21(29)26(12-20(24)28)22(30)32-19)14(2)27(13)16-3-4-18(17(23)11-16)25-5-7-31-8-6-25/h3-4,9-11H,5-8,12H2,1-2H3,(H2,24,28)/b19-10-. The second-order valence-electron chi connectivity index (χ2n) is 7.63. The second kappa shape index (κ2) is 9.13. The molecule has 3 heterocycles. The van der Waals surface area contributed by atoms with Gasteiger partial charge >= 0.3 is 0 Å². The SMILES string of the molecule is Cc1cc(/C=C2\SC(=O)N(CC(N)=O)C2=O)c(C)n1-c1ccc(N2CCOCC2)c(Br)c1. The van der Waals surface area contributed by atoms with E-state index in [9.17, 15) is 14.4 Å². The number of imide groups is 1. The molecular formula is C22H23BrN4O4S. The fourth-order valence-electron chi connectivity index (χ4n) is 3.96. The van der Waals surface area contributed by atoms with Gasteiger partial charge in [-0.05, 0) is 77.4 Å². The number of rotatable bonds is 5. The fraction of sp³-hybridized carbons (Fsp3) is 0.318. The average molecular weight is 519 g/mol. The minimum Gasteiger partial charge on any atom is -0.378 e. The molecule has 8 nitrogen and oxygen atoms in total. The molecule has 2 N–H and O–H groups in total. The number of carbonyl (C=O) groups is 3. The van der Waals surface area contributed by atoms with Gasteiger partial charge in [-0.1, -0.05) is 0 Å². The first-order valence-electron chi connectivity index (χ1n) is 10.1. The molecular weight excluding hydrogens is 496 g/mol. The first-order valence-corrected chi connectivity index (χ1v) is 11.7. The van der Waals surface area contributed by atoms with Crippen molar-refractivity contribution in [2.75, 3.05) is 37.7 Å². The maximum Gasteiger partial charge on any atom is 0.294 e. The van der Waals surface area contributed by atoms with Crippen molar-refractivity contribution in [1.29, 1.82) is 0 Å². The van der Waals surface area contributed by atoms with Crippen molar-refractivity contribution in [1.82, 2.24) is 9.47 Å². The number of hydrogen-bond donors (Lipinski definition) is 1. The van der Waals surface area contributed by atoms with E-state index in [4.69, 9.17) is 10.5 Å². The van der Waals surface area contributed by atoms with Crippen LogP contribution in [0.2, 0.25) is 0 Å². The maximum atomic E-state index is 12.5. The highest BCUT2D eigenvalue weighted by Crippen LogP contribution is 2.35. The van der Waals surface area contributed by atoms with E-state index >= 15 is 0 Å². The minimum absolute atomic E-state index is 0.278. The van der Waals surface area contributed by atoms with Crippen LogP contribution in [-0.4, -0.2) is 59.4 Å². The normalized spacial score (nSPS) is 18.2. The molecule has 0 saturated carbocycles. The third-order valence-corrected chi connectivity index (χ3v) is 7.03. The Hall–Kier alpha value is -2.56. The van der Waals surface area contributed by atoms with Crippen LogP contribution >= 0.6 is 27.7 Å². The van der Waals surface area contributed by atoms with E-state index < -0.39 is 23.6 Å². The molecule has 2 aliphatic rings. The van der Waals surface area contributed by atoms with Gasteiger partial charge in [0.2, 0.25) is 5.91 Å². The summed E-state index contributed by atoms with van der Waals surface area (Å²) in [4.78, 5) is 39.2. The molecule has 0 radical (unpaired) electrons. The number of thioether (sulfide) groups is 1. The molecule has 0 bridgehead atoms. The van der Waals surface area contributed by atoms with Crippen molar-refractivity contribution in [3.63, 3.8) is 0 Å². The van der Waals surface area contributed by atoms with E-state index in [1.165, 1.54) is 0 Å². The van der Waals surface area contributed by atoms with Crippen LogP contribution in [-0.2, 0) is 14.3 Å². The van der Waals surface area contributed by atoms with Crippen molar-refractivity contribution in [3.05, 3.63) is 50.6 Å². The summed E-state index contributed by atoms with van der Waals surface area (Å²) in [6.45, 7) is 6.70. The number of aromatic nitrogens is 1. The first kappa shape index (κ1) is 22.6. The Morgan fingerprint density at radius 3 is 2.59 bits per heavy atom. The molecule has 1 aromatic carbocycles. The van der Waals surface area contributed by atoms with Gasteiger partial charge in [0.1, 0.15) is 6.54 Å². The van der Waals surface area contributed by atoms with Crippen LogP contribution in [0.25, 0.3) is 11.8 Å². The molecule has 10 heteroatoms. The molecule has 0 spiro atoms. The summed E-state index contributed by atoms with van der Waals surface area (Å²) in [7, 11) is 0. The third-order valence-electron chi connectivity index (χ3n) is 5.49. The largest absolute Gasteiger partial charge is 0.378 e. The lowest BCUT2D eigenvalue weighted by Crippen LogP contribution is -2.36. The summed E-state index contributed by atoms with van der Waals surface area (Å²) in [5, 5.41) is -0.489. The van der Waals surface area contributed by atoms with Gasteiger partial charge in [-0.15, -0.1) is 0 Å². The van der Waals surface area contributed by atoms with E-state index in [1.807, 2.05) is 19.9 Å². The number of carbonyl (C=O) groups excluding carboxylic acids is 3. The Labute approximate surface area is 198 Å². The number of aryl methyl sites for hydroxylation is 1. The molecule has 1 aromatic heterocycles. The van der Waals surface area contributed by atoms with Crippen LogP contribution < -0.4 is 10.6 Å². The number of morpholine rings is 1. The predicted molar refractivity (Wildman–Crippen MR) is 128 cm³/mol. The molecule has 4 rings (SSSR count). The Morgan fingerprint density at radius 2 is 1.94 bits per heavy atom. The first-order chi connectivity index (χ1) is 15.3. The Morgan fingerprint density at radius 1 is 1.22 bits per heavy atom. The minimum atomic E-state index is -0.724. The van der Waals surface area contributed by atoms with Gasteiger partial charge in [-0.2, -0.15) is 0 Å². The summed E-state index contributed by atoms with van der Waals surface area (Å²) in [5.41, 5.74) is 10.0. The number of nitrogens with zero attached hydrogens (tertiary/aromatic N) is 3. The van der Waals surface area contributed by atoms with E-state index in [2.05, 4.69) is 43.6 Å². The number of hydrogen-bond acceptors (Lipinski definition) is 6. The highest BCUT2D eigenvalue weighted by molar-refractivity contribution is 9.10. The van der Waals surface area contributed by atoms with Crippen molar-refractivity contribution < 1.29 is 19.1 Å². The maximum absolute atomic E-state index is 12.5. The van der Waals surface area contributed by atoms with Gasteiger partial charge in [0.25, 0.3) is 11.1 Å². The molecule has 3 amide bonds. The van der Waals surface area contributed by atoms with Crippen molar-refractivity contribution in [2.45, 2.75) is 13.8 Å². The van der Waals surface area contributed by atoms with Crippen molar-refractivity contribution >= 4 is 56.5 Å². The molecule has 2 aromatic rings. The van der Waals surface area contributed by atoms with E-state index in [-0.39, 0.29) is 4.91 Å². The highest BCUT2D eigenvalue weighted by atomic mass is 79.9. The summed E-state index contributed by atoms with van der Waals surface area (Å²) in [5.74, 6) is -1.22. The zero-order chi connectivity index (χ0) is 23.0. The van der Waals surface area contributed by atoms with Crippen LogP contribution in [0.5, 0.6) is 0 Å². The number of halogens is 1. The van der Waals surface area contributed by atoms with Crippen molar-refractivity contribution in [3.8, 4) is 5.69 Å². The average Bonchev–Trinajstić information content (AvgIpc) is 3.17. The van der Waals surface area contributed by atoms with Crippen LogP contribution in [0.3, 0.4) is 0 Å². The van der Waals surface area contributed by atoms with Gasteiger partial charge < -0.3 is 19.9 Å². The lowest BCUT2D eigenvalue weighted by Gasteiger charge is -2.30. The summed E-state index contributed by atoms with van der Waals surface area (Å²) in [6.07, 6.45) is 1.70. The topological polar surface area (TPSA) is 97.9 Å². The number of anilines is 1. The van der Waals surface area contributed by atoms with E-state index in [1.54, 1.807) is 6.08 Å². The predicted octanol–water partition coefficient (Wildman–Crippen LogP) is 3.21. The van der Waals surface area contributed by atoms with Crippen LogP contribution in [0.4, 0.5) is 10.5 Å². The molecule has 0 atom stereocenters. The molecule has 0 unspecified atom stereocenters. The van der Waals surface area contributed by atoms with Crippen LogP contribution in [0.15, 0.2) is 33.6 Å². The number of primary amides is 1.